The largest absolute Gasteiger partial charge is 0.505 e. The number of benzene rings is 7. The molecule has 18 heteroatoms. The lowest BCUT2D eigenvalue weighted by molar-refractivity contribution is 0.472. The Bertz CT molecular complexity index is 3030. The van der Waals surface area contributed by atoms with Gasteiger partial charge in [0.25, 0.3) is 20.2 Å². The fourth-order valence-corrected chi connectivity index (χ4v) is 8.13. The van der Waals surface area contributed by atoms with Crippen molar-refractivity contribution in [2.75, 3.05) is 16.0 Å². The average molecular weight is 850 g/mol. The Morgan fingerprint density at radius 2 is 0.898 bits per heavy atom. The minimum atomic E-state index is -4.76. The van der Waals surface area contributed by atoms with E-state index in [0.717, 1.165) is 5.69 Å². The summed E-state index contributed by atoms with van der Waals surface area (Å²) >= 11 is 6.67. The second-order valence-corrected chi connectivity index (χ2v) is 16.8. The smallest absolute Gasteiger partial charge is 0.296 e. The van der Waals surface area contributed by atoms with Gasteiger partial charge in [-0.05, 0) is 95.7 Å². The van der Waals surface area contributed by atoms with E-state index in [4.69, 9.17) is 11.6 Å². The number of rotatable bonds is 12. The number of hydrogen-bond donors (Lipinski definition) is 7. The Kier molecular flexibility index (Phi) is 10.4. The van der Waals surface area contributed by atoms with Gasteiger partial charge in [0.05, 0.1) is 28.8 Å². The number of azo groups is 2. The van der Waals surface area contributed by atoms with Crippen molar-refractivity contribution in [3.63, 3.8) is 0 Å². The fraction of sp³-hybridized carbons (Fsp3) is 0.0732. The van der Waals surface area contributed by atoms with Crippen LogP contribution in [0.25, 0.3) is 21.5 Å². The minimum Gasteiger partial charge on any atom is -0.505 e. The number of hydrogen-bond acceptors (Lipinski definition) is 13. The number of nitrogens with one attached hydrogen (secondary N) is 3. The van der Waals surface area contributed by atoms with Gasteiger partial charge in [-0.2, -0.15) is 27.1 Å². The van der Waals surface area contributed by atoms with Crippen LogP contribution in [-0.4, -0.2) is 53.6 Å². The number of nitrogens with zero attached hydrogens (tertiary/aromatic N) is 4. The van der Waals surface area contributed by atoms with Crippen LogP contribution >= 0.6 is 11.6 Å². The SMILES string of the molecule is O=S(=O)(O)c1cc2ccc(Nc3ccc(NC4C(Cl)C4Nc4ccc5cc(S(=O)(=O)O)c(N=Nc6ccccc6)c(O)c5c4)cc3)cc2c(O)c1N=Nc1ccccc1. The number of phenols is 2. The van der Waals surface area contributed by atoms with E-state index in [1.165, 1.54) is 12.1 Å². The monoisotopic (exact) mass is 849 g/mol. The van der Waals surface area contributed by atoms with E-state index in [1.807, 2.05) is 24.3 Å². The Balaban J connectivity index is 0.964. The lowest BCUT2D eigenvalue weighted by atomic mass is 10.1. The van der Waals surface area contributed by atoms with Gasteiger partial charge in [0.2, 0.25) is 0 Å². The predicted molar refractivity (Wildman–Crippen MR) is 226 cm³/mol. The average Bonchev–Trinajstić information content (AvgIpc) is 3.82. The van der Waals surface area contributed by atoms with Gasteiger partial charge < -0.3 is 26.2 Å². The maximum Gasteiger partial charge on any atom is 0.296 e. The van der Waals surface area contributed by atoms with Gasteiger partial charge in [-0.1, -0.05) is 48.5 Å². The number of anilines is 4. The number of fused-ring (bicyclic) bond motifs is 2. The van der Waals surface area contributed by atoms with Gasteiger partial charge >= 0.3 is 0 Å². The van der Waals surface area contributed by atoms with Crippen LogP contribution in [0.3, 0.4) is 0 Å². The first-order chi connectivity index (χ1) is 28.2. The minimum absolute atomic E-state index is 0.179. The number of phenolic OH excluding ortho intramolecular Hbond substituents is 2. The van der Waals surface area contributed by atoms with Crippen LogP contribution in [0.5, 0.6) is 11.5 Å². The van der Waals surface area contributed by atoms with Crippen LogP contribution in [0.15, 0.2) is 164 Å². The molecule has 7 aromatic rings. The molecule has 1 saturated carbocycles. The summed E-state index contributed by atoms with van der Waals surface area (Å²) in [5.41, 5.74) is 2.70. The van der Waals surface area contributed by atoms with Crippen molar-refractivity contribution in [3.8, 4) is 11.5 Å². The standard InChI is InChI=1S/C41H32ClN7O8S2/c42-35-38(39(35)45-30-14-12-24-20-34(59(55,56)57)37(41(51)32(24)22-30)49-47-28-9-5-2-6-10-28)44-26-17-15-25(16-18-26)43-29-13-11-23-19-33(58(52,53)54)36(40(50)31(23)21-29)48-46-27-7-3-1-4-8-27/h1-22,35,38-39,43-45,50-51H,(H,52,53,54)(H,55,56,57). The van der Waals surface area contributed by atoms with Crippen LogP contribution in [0.1, 0.15) is 0 Å². The Morgan fingerprint density at radius 3 is 1.37 bits per heavy atom. The summed E-state index contributed by atoms with van der Waals surface area (Å²) in [4.78, 5) is -1.16. The molecule has 0 aromatic heterocycles. The molecule has 1 fully saturated rings. The zero-order chi connectivity index (χ0) is 41.5. The van der Waals surface area contributed by atoms with E-state index in [0.29, 0.717) is 39.2 Å². The molecule has 0 amide bonds. The lowest BCUT2D eigenvalue weighted by Gasteiger charge is -2.13. The molecule has 59 heavy (non-hydrogen) atoms. The molecule has 1 aliphatic rings. The van der Waals surface area contributed by atoms with Gasteiger partial charge in [0, 0.05) is 33.5 Å². The molecule has 298 valence electrons. The highest BCUT2D eigenvalue weighted by Gasteiger charge is 2.49. The molecule has 7 aromatic carbocycles. The van der Waals surface area contributed by atoms with E-state index in [2.05, 4.69) is 36.4 Å². The molecule has 0 spiro atoms. The first-order valence-corrected chi connectivity index (χ1v) is 21.1. The molecule has 0 heterocycles. The van der Waals surface area contributed by atoms with Gasteiger partial charge in [-0.25, -0.2) is 0 Å². The Labute approximate surface area is 342 Å². The molecular formula is C41H32ClN7O8S2. The normalized spacial score (nSPS) is 16.8. The molecule has 0 aliphatic heterocycles. The topological polar surface area (TPSA) is 235 Å². The lowest BCUT2D eigenvalue weighted by Crippen LogP contribution is -2.13. The van der Waals surface area contributed by atoms with Crippen molar-refractivity contribution in [3.05, 3.63) is 133 Å². The maximum absolute atomic E-state index is 12.2. The highest BCUT2D eigenvalue weighted by atomic mass is 35.5. The molecule has 3 unspecified atom stereocenters. The first kappa shape index (κ1) is 39.2. The summed E-state index contributed by atoms with van der Waals surface area (Å²) in [6.07, 6.45) is 0. The van der Waals surface area contributed by atoms with E-state index in [-0.39, 0.29) is 28.2 Å². The van der Waals surface area contributed by atoms with E-state index >= 15 is 0 Å². The molecule has 7 N–H and O–H groups in total. The van der Waals surface area contributed by atoms with Crippen LogP contribution in [0.2, 0.25) is 0 Å². The molecule has 1 aliphatic carbocycles. The van der Waals surface area contributed by atoms with Crippen LogP contribution in [-0.2, 0) is 20.2 Å². The molecule has 0 bridgehead atoms. The van der Waals surface area contributed by atoms with Crippen molar-refractivity contribution in [2.24, 2.45) is 20.5 Å². The summed E-state index contributed by atoms with van der Waals surface area (Å²) in [5.74, 6) is -0.940. The molecular weight excluding hydrogens is 818 g/mol. The molecule has 0 saturated heterocycles. The van der Waals surface area contributed by atoms with Crippen molar-refractivity contribution < 1.29 is 36.2 Å². The number of alkyl halides is 1. The van der Waals surface area contributed by atoms with Crippen molar-refractivity contribution in [2.45, 2.75) is 27.3 Å². The summed E-state index contributed by atoms with van der Waals surface area (Å²) in [7, 11) is -9.51. The molecule has 8 rings (SSSR count). The molecule has 15 nitrogen and oxygen atoms in total. The van der Waals surface area contributed by atoms with E-state index in [1.54, 1.807) is 97.1 Å². The fourth-order valence-electron chi connectivity index (χ4n) is 6.46. The summed E-state index contributed by atoms with van der Waals surface area (Å²) in [6.45, 7) is 0. The number of halogens is 1. The van der Waals surface area contributed by atoms with Crippen LogP contribution in [0, 0.1) is 0 Å². The van der Waals surface area contributed by atoms with E-state index in [9.17, 15) is 36.2 Å². The summed E-state index contributed by atoms with van der Waals surface area (Å²) < 4.78 is 68.7. The zero-order valence-electron chi connectivity index (χ0n) is 30.3. The highest BCUT2D eigenvalue weighted by Crippen LogP contribution is 2.44. The molecule has 3 atom stereocenters. The van der Waals surface area contributed by atoms with Crippen molar-refractivity contribution >= 4 is 98.9 Å². The first-order valence-electron chi connectivity index (χ1n) is 17.8. The number of aromatic hydroxyl groups is 2. The van der Waals surface area contributed by atoms with Gasteiger partial charge in [-0.15, -0.1) is 21.8 Å². The Hall–Kier alpha value is -6.63. The predicted octanol–water partition coefficient (Wildman–Crippen LogP) is 10.4. The zero-order valence-corrected chi connectivity index (χ0v) is 32.7. The van der Waals surface area contributed by atoms with Crippen molar-refractivity contribution in [1.82, 2.24) is 0 Å². The van der Waals surface area contributed by atoms with Gasteiger partial charge in [-0.3, -0.25) is 9.11 Å². The van der Waals surface area contributed by atoms with Crippen LogP contribution in [0.4, 0.5) is 45.5 Å². The van der Waals surface area contributed by atoms with Crippen LogP contribution < -0.4 is 16.0 Å². The summed E-state index contributed by atoms with van der Waals surface area (Å²) in [5, 5.41) is 49.3. The highest BCUT2D eigenvalue weighted by molar-refractivity contribution is 7.86. The third-order valence-corrected chi connectivity index (χ3v) is 11.8. The Morgan fingerprint density at radius 1 is 0.492 bits per heavy atom. The van der Waals surface area contributed by atoms with Gasteiger partial charge in [0.15, 0.2) is 11.5 Å². The van der Waals surface area contributed by atoms with Crippen molar-refractivity contribution in [1.29, 1.82) is 0 Å². The third kappa shape index (κ3) is 8.50. The molecule has 0 radical (unpaired) electrons. The second kappa shape index (κ2) is 15.6. The quantitative estimate of drug-likeness (QED) is 0.0347. The second-order valence-electron chi connectivity index (χ2n) is 13.5. The third-order valence-electron chi connectivity index (χ3n) is 9.48. The van der Waals surface area contributed by atoms with E-state index < -0.39 is 52.9 Å². The summed E-state index contributed by atoms with van der Waals surface area (Å²) in [6, 6.07) is 36.4. The van der Waals surface area contributed by atoms with Gasteiger partial charge in [0.1, 0.15) is 21.2 Å². The maximum atomic E-state index is 12.2.